The van der Waals surface area contributed by atoms with Gasteiger partial charge >= 0.3 is 12.3 Å². The summed E-state index contributed by atoms with van der Waals surface area (Å²) in [6.45, 7) is 5.18. The van der Waals surface area contributed by atoms with Crippen molar-refractivity contribution in [2.75, 3.05) is 38.3 Å². The maximum atomic E-state index is 14.3. The number of hydrogen-bond acceptors (Lipinski definition) is 8. The maximum Gasteiger partial charge on any atom is 0.424 e. The minimum atomic E-state index is -5.27. The lowest BCUT2D eigenvalue weighted by Crippen LogP contribution is -2.51. The Labute approximate surface area is 234 Å². The number of halogens is 4. The molecule has 40 heavy (non-hydrogen) atoms. The smallest absolute Gasteiger partial charge is 0.424 e. The van der Waals surface area contributed by atoms with Crippen molar-refractivity contribution in [1.29, 1.82) is 0 Å². The number of benzene rings is 1. The number of aliphatic hydroxyl groups is 2. The highest BCUT2D eigenvalue weighted by Gasteiger charge is 2.57. The SMILES string of the molecule is COc1cc(C(=O)NCC(O)(c2cc3c(c(Cl)n2)N(C(=O)OC(C)(C)C)CC3C)C(F)(F)F)ccc1OCCO. The van der Waals surface area contributed by atoms with E-state index in [-0.39, 0.29) is 48.1 Å². The molecule has 220 valence electrons. The first-order valence-electron chi connectivity index (χ1n) is 12.2. The van der Waals surface area contributed by atoms with E-state index in [9.17, 15) is 27.9 Å². The molecule has 2 unspecified atom stereocenters. The van der Waals surface area contributed by atoms with Gasteiger partial charge in [0.1, 0.15) is 12.2 Å². The van der Waals surface area contributed by atoms with Gasteiger partial charge in [-0.3, -0.25) is 9.69 Å². The number of carbonyl (C=O) groups is 2. The molecule has 2 heterocycles. The van der Waals surface area contributed by atoms with Crippen LogP contribution in [-0.2, 0) is 10.3 Å². The molecule has 2 atom stereocenters. The van der Waals surface area contributed by atoms with Crippen molar-refractivity contribution in [2.45, 2.75) is 51.0 Å². The number of rotatable bonds is 8. The second kappa shape index (κ2) is 11.7. The van der Waals surface area contributed by atoms with Crippen molar-refractivity contribution in [1.82, 2.24) is 10.3 Å². The number of aliphatic hydroxyl groups excluding tert-OH is 1. The van der Waals surface area contributed by atoms with Gasteiger partial charge in [-0.2, -0.15) is 13.2 Å². The van der Waals surface area contributed by atoms with Crippen LogP contribution in [0.1, 0.15) is 55.2 Å². The van der Waals surface area contributed by atoms with Gasteiger partial charge in [0.05, 0.1) is 31.6 Å². The van der Waals surface area contributed by atoms with Crippen LogP contribution in [0, 0.1) is 0 Å². The molecule has 0 bridgehead atoms. The minimum absolute atomic E-state index is 0.0367. The third kappa shape index (κ3) is 6.53. The quantitative estimate of drug-likeness (QED) is 0.392. The Balaban J connectivity index is 1.91. The van der Waals surface area contributed by atoms with E-state index in [0.29, 0.717) is 0 Å². The number of carbonyl (C=O) groups excluding carboxylic acids is 2. The molecule has 0 fully saturated rings. The van der Waals surface area contributed by atoms with Crippen LogP contribution < -0.4 is 19.7 Å². The number of ether oxygens (including phenoxy) is 3. The average molecular weight is 590 g/mol. The van der Waals surface area contributed by atoms with Crippen molar-refractivity contribution >= 4 is 29.3 Å². The predicted molar refractivity (Wildman–Crippen MR) is 139 cm³/mol. The number of pyridine rings is 1. The lowest BCUT2D eigenvalue weighted by Gasteiger charge is -2.31. The van der Waals surface area contributed by atoms with Crippen molar-refractivity contribution in [2.24, 2.45) is 0 Å². The number of nitrogens with zero attached hydrogens (tertiary/aromatic N) is 2. The van der Waals surface area contributed by atoms with Crippen molar-refractivity contribution in [3.63, 3.8) is 0 Å². The van der Waals surface area contributed by atoms with E-state index < -0.39 is 52.7 Å². The zero-order valence-corrected chi connectivity index (χ0v) is 23.3. The molecule has 1 aromatic carbocycles. The Bertz CT molecular complexity index is 1270. The summed E-state index contributed by atoms with van der Waals surface area (Å²) in [5, 5.41) is 21.5. The van der Waals surface area contributed by atoms with Crippen LogP contribution in [0.25, 0.3) is 0 Å². The van der Waals surface area contributed by atoms with Gasteiger partial charge in [-0.1, -0.05) is 18.5 Å². The van der Waals surface area contributed by atoms with E-state index in [4.69, 9.17) is 30.9 Å². The fraction of sp³-hybridized carbons (Fsp3) is 0.500. The van der Waals surface area contributed by atoms with E-state index in [1.54, 1.807) is 27.7 Å². The highest BCUT2D eigenvalue weighted by molar-refractivity contribution is 6.33. The summed E-state index contributed by atoms with van der Waals surface area (Å²) in [7, 11) is 1.30. The van der Waals surface area contributed by atoms with Crippen LogP contribution in [0.2, 0.25) is 5.15 Å². The molecule has 0 saturated carbocycles. The highest BCUT2D eigenvalue weighted by atomic mass is 35.5. The molecular formula is C26H31ClF3N3O7. The lowest BCUT2D eigenvalue weighted by atomic mass is 9.94. The first kappa shape index (κ1) is 31.2. The fourth-order valence-corrected chi connectivity index (χ4v) is 4.36. The summed E-state index contributed by atoms with van der Waals surface area (Å²) in [4.78, 5) is 30.5. The molecule has 1 aliphatic rings. The number of alkyl halides is 3. The van der Waals surface area contributed by atoms with Gasteiger partial charge in [0.15, 0.2) is 16.7 Å². The van der Waals surface area contributed by atoms with Gasteiger partial charge in [0.2, 0.25) is 5.60 Å². The van der Waals surface area contributed by atoms with Gasteiger partial charge in [-0.05, 0) is 50.6 Å². The van der Waals surface area contributed by atoms with Crippen molar-refractivity contribution in [3.05, 3.63) is 46.2 Å². The monoisotopic (exact) mass is 589 g/mol. The Hall–Kier alpha value is -3.29. The van der Waals surface area contributed by atoms with Gasteiger partial charge in [-0.15, -0.1) is 0 Å². The topological polar surface area (TPSA) is 130 Å². The van der Waals surface area contributed by atoms with Crippen LogP contribution in [0.5, 0.6) is 11.5 Å². The molecule has 0 saturated heterocycles. The van der Waals surface area contributed by atoms with Crippen molar-refractivity contribution < 1.29 is 47.2 Å². The van der Waals surface area contributed by atoms with E-state index in [1.807, 2.05) is 0 Å². The molecule has 10 nitrogen and oxygen atoms in total. The standard InChI is InChI=1S/C26H31ClF3N3O7/c1-14-12-33(23(36)40-24(2,3)4)20-16(14)11-19(32-21(20)27)25(37,26(28,29)30)13-31-22(35)15-6-7-17(39-9-8-34)18(10-15)38-5/h6-7,10-11,14,34,37H,8-9,12-13H2,1-5H3,(H,31,35). The zero-order chi connectivity index (χ0) is 30.0. The molecule has 1 aromatic heterocycles. The molecule has 0 aliphatic carbocycles. The largest absolute Gasteiger partial charge is 0.493 e. The first-order valence-corrected chi connectivity index (χ1v) is 12.6. The number of anilines is 1. The third-order valence-corrected chi connectivity index (χ3v) is 6.29. The summed E-state index contributed by atoms with van der Waals surface area (Å²) in [6.07, 6.45) is -6.01. The minimum Gasteiger partial charge on any atom is -0.493 e. The summed E-state index contributed by atoms with van der Waals surface area (Å²) >= 11 is 6.28. The second-order valence-corrected chi connectivity index (χ2v) is 10.6. The Morgan fingerprint density at radius 1 is 1.20 bits per heavy atom. The van der Waals surface area contributed by atoms with Gasteiger partial charge in [0.25, 0.3) is 5.91 Å². The number of aromatic nitrogens is 1. The lowest BCUT2D eigenvalue weighted by molar-refractivity contribution is -0.265. The summed E-state index contributed by atoms with van der Waals surface area (Å²) in [5.74, 6) is -1.06. The molecule has 3 rings (SSSR count). The molecule has 2 amide bonds. The van der Waals surface area contributed by atoms with E-state index in [2.05, 4.69) is 10.3 Å². The predicted octanol–water partition coefficient (Wildman–Crippen LogP) is 4.15. The average Bonchev–Trinajstić information content (AvgIpc) is 3.21. The Morgan fingerprint density at radius 3 is 2.45 bits per heavy atom. The third-order valence-electron chi connectivity index (χ3n) is 6.02. The zero-order valence-electron chi connectivity index (χ0n) is 22.6. The second-order valence-electron chi connectivity index (χ2n) is 10.2. The molecular weight excluding hydrogens is 559 g/mol. The molecule has 14 heteroatoms. The number of nitrogens with one attached hydrogen (secondary N) is 1. The molecule has 0 radical (unpaired) electrons. The fourth-order valence-electron chi connectivity index (χ4n) is 4.06. The van der Waals surface area contributed by atoms with E-state index in [0.717, 1.165) is 6.07 Å². The van der Waals surface area contributed by atoms with Crippen LogP contribution in [0.15, 0.2) is 24.3 Å². The maximum absolute atomic E-state index is 14.3. The molecule has 2 aromatic rings. The number of hydrogen-bond donors (Lipinski definition) is 3. The van der Waals surface area contributed by atoms with Crippen LogP contribution in [0.3, 0.4) is 0 Å². The van der Waals surface area contributed by atoms with Crippen molar-refractivity contribution in [3.8, 4) is 11.5 Å². The number of fused-ring (bicyclic) bond motifs is 1. The number of amides is 2. The summed E-state index contributed by atoms with van der Waals surface area (Å²) < 4.78 is 58.6. The van der Waals surface area contributed by atoms with Crippen LogP contribution in [0.4, 0.5) is 23.7 Å². The van der Waals surface area contributed by atoms with Gasteiger partial charge in [-0.25, -0.2) is 9.78 Å². The molecule has 0 spiro atoms. The first-order chi connectivity index (χ1) is 18.5. The summed E-state index contributed by atoms with van der Waals surface area (Å²) in [6, 6.07) is 4.92. The number of methoxy groups -OCH3 is 1. The Morgan fingerprint density at radius 2 is 1.88 bits per heavy atom. The van der Waals surface area contributed by atoms with Gasteiger partial charge in [0, 0.05) is 18.0 Å². The normalized spacial score (nSPS) is 16.7. The van der Waals surface area contributed by atoms with E-state index >= 15 is 0 Å². The van der Waals surface area contributed by atoms with Crippen LogP contribution >= 0.6 is 11.6 Å². The summed E-state index contributed by atoms with van der Waals surface area (Å²) in [5.41, 5.74) is -5.00. The van der Waals surface area contributed by atoms with Gasteiger partial charge < -0.3 is 29.7 Å². The van der Waals surface area contributed by atoms with E-state index in [1.165, 1.54) is 30.2 Å². The highest BCUT2D eigenvalue weighted by Crippen LogP contribution is 2.45. The Kier molecular flexibility index (Phi) is 9.12. The molecule has 3 N–H and O–H groups in total. The molecule has 1 aliphatic heterocycles. The van der Waals surface area contributed by atoms with Crippen LogP contribution in [-0.4, -0.2) is 72.4 Å².